The lowest BCUT2D eigenvalue weighted by atomic mass is 10.1. The van der Waals surface area contributed by atoms with Gasteiger partial charge in [-0.05, 0) is 37.1 Å². The van der Waals surface area contributed by atoms with E-state index in [4.69, 9.17) is 5.73 Å². The van der Waals surface area contributed by atoms with Gasteiger partial charge in [-0.3, -0.25) is 0 Å². The zero-order chi connectivity index (χ0) is 15.3. The fourth-order valence-corrected chi connectivity index (χ4v) is 3.38. The number of aryl methyl sites for hydroxylation is 2. The van der Waals surface area contributed by atoms with Gasteiger partial charge in [-0.15, -0.1) is 0 Å². The van der Waals surface area contributed by atoms with Crippen LogP contribution in [0.4, 0.5) is 10.5 Å². The maximum atomic E-state index is 12.2. The van der Waals surface area contributed by atoms with Crippen LogP contribution >= 0.6 is 0 Å². The molecule has 0 aliphatic carbocycles. The molecular weight excluding hydrogens is 282 g/mol. The van der Waals surface area contributed by atoms with Crippen molar-refractivity contribution in [2.75, 3.05) is 25.5 Å². The van der Waals surface area contributed by atoms with Gasteiger partial charge in [0.1, 0.15) is 6.61 Å². The molecule has 0 heterocycles. The van der Waals surface area contributed by atoms with Crippen molar-refractivity contribution in [2.45, 2.75) is 18.7 Å². The van der Waals surface area contributed by atoms with E-state index in [1.165, 1.54) is 0 Å². The molecular formula is C12H19N3O4S. The molecule has 0 fully saturated rings. The van der Waals surface area contributed by atoms with Crippen LogP contribution in [0, 0.1) is 13.8 Å². The van der Waals surface area contributed by atoms with Crippen molar-refractivity contribution in [3.8, 4) is 0 Å². The van der Waals surface area contributed by atoms with Crippen LogP contribution in [-0.4, -0.2) is 34.7 Å². The van der Waals surface area contributed by atoms with Crippen molar-refractivity contribution in [1.29, 1.82) is 0 Å². The number of nitrogens with one attached hydrogen (secondary N) is 2. The highest BCUT2D eigenvalue weighted by molar-refractivity contribution is 7.89. The van der Waals surface area contributed by atoms with E-state index < -0.39 is 16.1 Å². The average Bonchev–Trinajstić information content (AvgIpc) is 2.33. The van der Waals surface area contributed by atoms with Crippen LogP contribution in [0.2, 0.25) is 0 Å². The van der Waals surface area contributed by atoms with E-state index >= 15 is 0 Å². The number of hydrogen-bond donors (Lipinski definition) is 3. The van der Waals surface area contributed by atoms with Gasteiger partial charge >= 0.3 is 6.09 Å². The van der Waals surface area contributed by atoms with Gasteiger partial charge in [-0.25, -0.2) is 17.9 Å². The Hall–Kier alpha value is -1.80. The molecule has 0 bridgehead atoms. The van der Waals surface area contributed by atoms with E-state index in [2.05, 4.69) is 14.8 Å². The summed E-state index contributed by atoms with van der Waals surface area (Å²) < 4.78 is 31.3. The number of rotatable bonds is 6. The number of hydrogen-bond acceptors (Lipinski definition) is 5. The highest BCUT2D eigenvalue weighted by atomic mass is 32.2. The highest BCUT2D eigenvalue weighted by Crippen LogP contribution is 2.23. The number of amides is 1. The van der Waals surface area contributed by atoms with Gasteiger partial charge in [0.25, 0.3) is 0 Å². The van der Waals surface area contributed by atoms with Gasteiger partial charge in [0.15, 0.2) is 0 Å². The van der Waals surface area contributed by atoms with Crippen molar-refractivity contribution in [2.24, 2.45) is 5.73 Å². The van der Waals surface area contributed by atoms with Crippen LogP contribution in [0.5, 0.6) is 0 Å². The predicted octanol–water partition coefficient (Wildman–Crippen LogP) is 0.719. The molecule has 0 spiro atoms. The van der Waals surface area contributed by atoms with Gasteiger partial charge in [0.05, 0.1) is 4.90 Å². The van der Waals surface area contributed by atoms with E-state index in [1.54, 1.807) is 33.0 Å². The second kappa shape index (κ2) is 6.58. The van der Waals surface area contributed by atoms with Crippen molar-refractivity contribution in [1.82, 2.24) is 4.72 Å². The first-order chi connectivity index (χ1) is 9.27. The van der Waals surface area contributed by atoms with Gasteiger partial charge in [-0.2, -0.15) is 0 Å². The minimum Gasteiger partial charge on any atom is -0.448 e. The van der Waals surface area contributed by atoms with Gasteiger partial charge in [0.2, 0.25) is 10.0 Å². The van der Waals surface area contributed by atoms with Gasteiger partial charge in [-0.1, -0.05) is 0 Å². The summed E-state index contributed by atoms with van der Waals surface area (Å²) in [6.07, 6.45) is -0.935. The molecule has 0 atom stereocenters. The summed E-state index contributed by atoms with van der Waals surface area (Å²) in [5.74, 6) is 0. The summed E-state index contributed by atoms with van der Waals surface area (Å²) in [6, 6.07) is 3.50. The molecule has 1 rings (SSSR count). The van der Waals surface area contributed by atoms with Crippen LogP contribution < -0.4 is 15.8 Å². The molecule has 7 nitrogen and oxygen atoms in total. The number of carbonyl (C=O) groups excluding carboxylic acids is 1. The topological polar surface area (TPSA) is 111 Å². The lowest BCUT2D eigenvalue weighted by Gasteiger charge is -2.14. The van der Waals surface area contributed by atoms with E-state index in [9.17, 15) is 13.2 Å². The summed E-state index contributed by atoms with van der Waals surface area (Å²) in [5.41, 5.74) is 6.91. The SMILES string of the molecule is CNc1cc(C)c(S(=O)(=O)NCCOC(N)=O)c(C)c1. The molecule has 0 aliphatic rings. The number of anilines is 1. The fraction of sp³-hybridized carbons (Fsp3) is 0.417. The molecule has 1 amide bonds. The molecule has 0 aliphatic heterocycles. The lowest BCUT2D eigenvalue weighted by molar-refractivity contribution is 0.159. The summed E-state index contributed by atoms with van der Waals surface area (Å²) in [7, 11) is -1.89. The quantitative estimate of drug-likeness (QED) is 0.670. The largest absolute Gasteiger partial charge is 0.448 e. The second-order valence-electron chi connectivity index (χ2n) is 4.25. The number of carbonyl (C=O) groups is 1. The molecule has 0 radical (unpaired) electrons. The van der Waals surface area contributed by atoms with E-state index in [0.717, 1.165) is 5.69 Å². The first-order valence-electron chi connectivity index (χ1n) is 5.99. The average molecular weight is 301 g/mol. The molecule has 0 aromatic heterocycles. The Balaban J connectivity index is 2.90. The second-order valence-corrected chi connectivity index (χ2v) is 5.96. The number of nitrogens with two attached hydrogens (primary N) is 1. The fourth-order valence-electron chi connectivity index (χ4n) is 1.92. The third-order valence-electron chi connectivity index (χ3n) is 2.66. The number of primary amides is 1. The summed E-state index contributed by atoms with van der Waals surface area (Å²) in [4.78, 5) is 10.6. The summed E-state index contributed by atoms with van der Waals surface area (Å²) in [6.45, 7) is 3.31. The molecule has 4 N–H and O–H groups in total. The smallest absolute Gasteiger partial charge is 0.404 e. The predicted molar refractivity (Wildman–Crippen MR) is 76.2 cm³/mol. The standard InChI is InChI=1S/C12H19N3O4S/c1-8-6-10(14-3)7-9(2)11(8)20(17,18)15-4-5-19-12(13)16/h6-7,14-15H,4-5H2,1-3H3,(H2,13,16). The molecule has 112 valence electrons. The Labute approximate surface area is 118 Å². The molecule has 0 unspecified atom stereocenters. The Morgan fingerprint density at radius 1 is 1.30 bits per heavy atom. The highest BCUT2D eigenvalue weighted by Gasteiger charge is 2.19. The van der Waals surface area contributed by atoms with E-state index in [1.807, 2.05) is 0 Å². The first-order valence-corrected chi connectivity index (χ1v) is 7.47. The number of benzene rings is 1. The zero-order valence-corrected chi connectivity index (χ0v) is 12.5. The monoisotopic (exact) mass is 301 g/mol. The lowest BCUT2D eigenvalue weighted by Crippen LogP contribution is -2.30. The normalized spacial score (nSPS) is 11.2. The Morgan fingerprint density at radius 3 is 2.30 bits per heavy atom. The third-order valence-corrected chi connectivity index (χ3v) is 4.42. The number of sulfonamides is 1. The van der Waals surface area contributed by atoms with Crippen LogP contribution in [0.15, 0.2) is 17.0 Å². The molecule has 1 aromatic carbocycles. The van der Waals surface area contributed by atoms with Crippen molar-refractivity contribution in [3.63, 3.8) is 0 Å². The van der Waals surface area contributed by atoms with Gasteiger partial charge in [0, 0.05) is 19.3 Å². The van der Waals surface area contributed by atoms with Crippen molar-refractivity contribution < 1.29 is 17.9 Å². The van der Waals surface area contributed by atoms with Crippen LogP contribution in [0.3, 0.4) is 0 Å². The Bertz CT molecular complexity index is 576. The van der Waals surface area contributed by atoms with Crippen molar-refractivity contribution in [3.05, 3.63) is 23.3 Å². The molecule has 0 saturated heterocycles. The summed E-state index contributed by atoms with van der Waals surface area (Å²) in [5, 5.41) is 2.97. The summed E-state index contributed by atoms with van der Waals surface area (Å²) >= 11 is 0. The Morgan fingerprint density at radius 2 is 1.85 bits per heavy atom. The Kier molecular flexibility index (Phi) is 5.34. The molecule has 0 saturated carbocycles. The van der Waals surface area contributed by atoms with Crippen molar-refractivity contribution >= 4 is 21.8 Å². The van der Waals surface area contributed by atoms with Crippen LogP contribution in [-0.2, 0) is 14.8 Å². The maximum absolute atomic E-state index is 12.2. The first kappa shape index (κ1) is 16.3. The van der Waals surface area contributed by atoms with E-state index in [0.29, 0.717) is 11.1 Å². The third kappa shape index (κ3) is 4.10. The molecule has 1 aromatic rings. The molecule has 20 heavy (non-hydrogen) atoms. The molecule has 8 heteroatoms. The van der Waals surface area contributed by atoms with Crippen LogP contribution in [0.25, 0.3) is 0 Å². The van der Waals surface area contributed by atoms with Crippen LogP contribution in [0.1, 0.15) is 11.1 Å². The number of ether oxygens (including phenoxy) is 1. The maximum Gasteiger partial charge on any atom is 0.404 e. The zero-order valence-electron chi connectivity index (χ0n) is 11.7. The minimum absolute atomic E-state index is 0.0298. The van der Waals surface area contributed by atoms with E-state index in [-0.39, 0.29) is 18.0 Å². The minimum atomic E-state index is -3.65. The van der Waals surface area contributed by atoms with Gasteiger partial charge < -0.3 is 15.8 Å².